The molecule has 27 heavy (non-hydrogen) atoms. The van der Waals surface area contributed by atoms with Crippen LogP contribution in [0.5, 0.6) is 5.75 Å². The zero-order valence-corrected chi connectivity index (χ0v) is 15.9. The summed E-state index contributed by atoms with van der Waals surface area (Å²) in [6, 6.07) is 10.6. The molecule has 3 rings (SSSR count). The number of hydrogen-bond acceptors (Lipinski definition) is 5. The van der Waals surface area contributed by atoms with Gasteiger partial charge in [0, 0.05) is 32.2 Å². The summed E-state index contributed by atoms with van der Waals surface area (Å²) < 4.78 is 19.0. The fraction of sp³-hybridized carbons (Fsp3) is 0.278. The summed E-state index contributed by atoms with van der Waals surface area (Å²) in [6.07, 6.45) is 0. The molecule has 0 radical (unpaired) electrons. The van der Waals surface area contributed by atoms with E-state index < -0.39 is 10.7 Å². The smallest absolute Gasteiger partial charge is 0.292 e. The first-order valence-corrected chi connectivity index (χ1v) is 9.09. The minimum atomic E-state index is -0.402. The number of ether oxygens (including phenoxy) is 1. The number of halogens is 2. The van der Waals surface area contributed by atoms with Gasteiger partial charge in [0.2, 0.25) is 0 Å². The predicted molar refractivity (Wildman–Crippen MR) is 101 cm³/mol. The topological polar surface area (TPSA) is 75.9 Å². The number of nitrogens with zero attached hydrogens (tertiary/aromatic N) is 3. The van der Waals surface area contributed by atoms with Crippen molar-refractivity contribution in [1.29, 1.82) is 0 Å². The van der Waals surface area contributed by atoms with Crippen LogP contribution in [0, 0.1) is 15.9 Å². The molecule has 7 nitrogen and oxygen atoms in total. The van der Waals surface area contributed by atoms with Gasteiger partial charge in [0.1, 0.15) is 17.3 Å². The second kappa shape index (κ2) is 8.34. The van der Waals surface area contributed by atoms with Crippen LogP contribution in [0.15, 0.2) is 46.9 Å². The zero-order valence-electron chi connectivity index (χ0n) is 14.3. The third-order valence-corrected chi connectivity index (χ3v) is 4.92. The Hall–Kier alpha value is -2.68. The van der Waals surface area contributed by atoms with E-state index in [1.54, 1.807) is 23.1 Å². The summed E-state index contributed by atoms with van der Waals surface area (Å²) in [4.78, 5) is 26.7. The van der Waals surface area contributed by atoms with Crippen molar-refractivity contribution >= 4 is 33.2 Å². The Balaban J connectivity index is 1.56. The highest BCUT2D eigenvalue weighted by atomic mass is 79.9. The van der Waals surface area contributed by atoms with E-state index in [1.807, 2.05) is 4.90 Å². The van der Waals surface area contributed by atoms with Crippen molar-refractivity contribution in [2.45, 2.75) is 0 Å². The summed E-state index contributed by atoms with van der Waals surface area (Å²) in [7, 11) is 0. The number of amides is 1. The minimum absolute atomic E-state index is 0.0572. The van der Waals surface area contributed by atoms with Crippen LogP contribution in [0.4, 0.5) is 15.8 Å². The van der Waals surface area contributed by atoms with Crippen LogP contribution in [-0.4, -0.2) is 48.5 Å². The second-order valence-electron chi connectivity index (χ2n) is 5.98. The molecule has 0 unspecified atom stereocenters. The minimum Gasteiger partial charge on any atom is -0.483 e. The molecule has 1 amide bonds. The van der Waals surface area contributed by atoms with E-state index in [2.05, 4.69) is 15.9 Å². The number of para-hydroxylation sites is 2. The zero-order chi connectivity index (χ0) is 19.4. The Morgan fingerprint density at radius 3 is 2.56 bits per heavy atom. The maximum absolute atomic E-state index is 13.1. The standard InChI is InChI=1S/C18H17BrFN3O4/c19-14-11-13(20)5-6-17(14)27-12-18(24)22-9-7-21(8-10-22)15-3-1-2-4-16(15)23(25)26/h1-6,11H,7-10,12H2. The number of carbonyl (C=O) groups is 1. The lowest BCUT2D eigenvalue weighted by Gasteiger charge is -2.35. The molecule has 0 aliphatic carbocycles. The van der Waals surface area contributed by atoms with Gasteiger partial charge in [0.25, 0.3) is 11.6 Å². The highest BCUT2D eigenvalue weighted by Crippen LogP contribution is 2.28. The van der Waals surface area contributed by atoms with E-state index in [4.69, 9.17) is 4.74 Å². The molecule has 0 atom stereocenters. The predicted octanol–water partition coefficient (Wildman–Crippen LogP) is 3.22. The van der Waals surface area contributed by atoms with Gasteiger partial charge in [-0.25, -0.2) is 4.39 Å². The molecule has 1 fully saturated rings. The highest BCUT2D eigenvalue weighted by Gasteiger charge is 2.25. The number of carbonyl (C=O) groups excluding carboxylic acids is 1. The Morgan fingerprint density at radius 2 is 1.89 bits per heavy atom. The van der Waals surface area contributed by atoms with Crippen molar-refractivity contribution in [2.24, 2.45) is 0 Å². The molecule has 1 aliphatic rings. The van der Waals surface area contributed by atoms with E-state index in [1.165, 1.54) is 24.3 Å². The van der Waals surface area contributed by atoms with Crippen LogP contribution >= 0.6 is 15.9 Å². The van der Waals surface area contributed by atoms with E-state index in [0.29, 0.717) is 42.1 Å². The van der Waals surface area contributed by atoms with E-state index >= 15 is 0 Å². The normalized spacial score (nSPS) is 14.1. The number of rotatable bonds is 5. The molecular weight excluding hydrogens is 421 g/mol. The molecule has 0 saturated carbocycles. The van der Waals surface area contributed by atoms with Crippen molar-refractivity contribution in [3.63, 3.8) is 0 Å². The summed E-state index contributed by atoms with van der Waals surface area (Å²) in [5.41, 5.74) is 0.614. The van der Waals surface area contributed by atoms with E-state index in [9.17, 15) is 19.3 Å². The quantitative estimate of drug-likeness (QED) is 0.530. The van der Waals surface area contributed by atoms with Crippen LogP contribution in [0.3, 0.4) is 0 Å². The lowest BCUT2D eigenvalue weighted by molar-refractivity contribution is -0.384. The summed E-state index contributed by atoms with van der Waals surface area (Å²) >= 11 is 3.19. The van der Waals surface area contributed by atoms with Crippen molar-refractivity contribution in [2.75, 3.05) is 37.7 Å². The second-order valence-corrected chi connectivity index (χ2v) is 6.83. The number of nitro groups is 1. The fourth-order valence-electron chi connectivity index (χ4n) is 2.91. The average Bonchev–Trinajstić information content (AvgIpc) is 2.67. The molecule has 2 aromatic carbocycles. The molecule has 142 valence electrons. The van der Waals surface area contributed by atoms with Crippen molar-refractivity contribution in [3.05, 3.63) is 62.9 Å². The number of anilines is 1. The number of benzene rings is 2. The third-order valence-electron chi connectivity index (χ3n) is 4.30. The van der Waals surface area contributed by atoms with Gasteiger partial charge in [0.15, 0.2) is 6.61 Å². The molecule has 1 saturated heterocycles. The van der Waals surface area contributed by atoms with Crippen molar-refractivity contribution < 1.29 is 18.8 Å². The van der Waals surface area contributed by atoms with Crippen LogP contribution in [0.1, 0.15) is 0 Å². The number of hydrogen-bond donors (Lipinski definition) is 0. The molecule has 0 spiro atoms. The van der Waals surface area contributed by atoms with Gasteiger partial charge in [-0.05, 0) is 40.2 Å². The van der Waals surface area contributed by atoms with Gasteiger partial charge in [-0.2, -0.15) is 0 Å². The molecule has 1 aliphatic heterocycles. The van der Waals surface area contributed by atoms with Gasteiger partial charge < -0.3 is 14.5 Å². The third kappa shape index (κ3) is 4.54. The van der Waals surface area contributed by atoms with Gasteiger partial charge in [-0.15, -0.1) is 0 Å². The highest BCUT2D eigenvalue weighted by molar-refractivity contribution is 9.10. The summed E-state index contributed by atoms with van der Waals surface area (Å²) in [5, 5.41) is 11.2. The maximum atomic E-state index is 13.1. The Kier molecular flexibility index (Phi) is 5.90. The first-order chi connectivity index (χ1) is 13.0. The first-order valence-electron chi connectivity index (χ1n) is 8.29. The van der Waals surface area contributed by atoms with E-state index in [-0.39, 0.29) is 18.2 Å². The number of piperazine rings is 1. The van der Waals surface area contributed by atoms with E-state index in [0.717, 1.165) is 0 Å². The average molecular weight is 438 g/mol. The first kappa shape index (κ1) is 19.1. The molecule has 0 aromatic heterocycles. The Labute approximate surface area is 163 Å². The van der Waals surface area contributed by atoms with Crippen molar-refractivity contribution in [1.82, 2.24) is 4.90 Å². The molecule has 0 bridgehead atoms. The summed E-state index contributed by atoms with van der Waals surface area (Å²) in [5.74, 6) is -0.191. The molecule has 1 heterocycles. The number of nitro benzene ring substituents is 1. The molecule has 9 heteroatoms. The van der Waals surface area contributed by atoms with Crippen LogP contribution < -0.4 is 9.64 Å². The van der Waals surface area contributed by atoms with Crippen LogP contribution in [0.25, 0.3) is 0 Å². The molecular formula is C18H17BrFN3O4. The van der Waals surface area contributed by atoms with Gasteiger partial charge >= 0.3 is 0 Å². The summed E-state index contributed by atoms with van der Waals surface area (Å²) in [6.45, 7) is 1.72. The fourth-order valence-corrected chi connectivity index (χ4v) is 3.37. The lowest BCUT2D eigenvalue weighted by Crippen LogP contribution is -2.50. The maximum Gasteiger partial charge on any atom is 0.292 e. The molecule has 0 N–H and O–H groups in total. The van der Waals surface area contributed by atoms with Gasteiger partial charge in [-0.1, -0.05) is 12.1 Å². The monoisotopic (exact) mass is 437 g/mol. The van der Waals surface area contributed by atoms with Crippen LogP contribution in [0.2, 0.25) is 0 Å². The SMILES string of the molecule is O=C(COc1ccc(F)cc1Br)N1CCN(c2ccccc2[N+](=O)[O-])CC1. The molecule has 2 aromatic rings. The Morgan fingerprint density at radius 1 is 1.19 bits per heavy atom. The van der Waals surface area contributed by atoms with Gasteiger partial charge in [0.05, 0.1) is 9.40 Å². The van der Waals surface area contributed by atoms with Gasteiger partial charge in [-0.3, -0.25) is 14.9 Å². The Bertz CT molecular complexity index is 856. The van der Waals surface area contributed by atoms with Crippen LogP contribution in [-0.2, 0) is 4.79 Å². The van der Waals surface area contributed by atoms with Crippen molar-refractivity contribution in [3.8, 4) is 5.75 Å². The lowest BCUT2D eigenvalue weighted by atomic mass is 10.2. The largest absolute Gasteiger partial charge is 0.483 e.